The van der Waals surface area contributed by atoms with Gasteiger partial charge in [-0.2, -0.15) is 5.10 Å². The molecule has 6 nitrogen and oxygen atoms in total. The van der Waals surface area contributed by atoms with Gasteiger partial charge in [0.25, 0.3) is 0 Å². The van der Waals surface area contributed by atoms with E-state index in [1.54, 1.807) is 17.0 Å². The number of ether oxygens (including phenoxy) is 1. The van der Waals surface area contributed by atoms with Gasteiger partial charge in [-0.15, -0.1) is 0 Å². The predicted octanol–water partition coefficient (Wildman–Crippen LogP) is 3.94. The quantitative estimate of drug-likeness (QED) is 0.900. The lowest BCUT2D eigenvalue weighted by molar-refractivity contribution is 0.00975. The molecule has 1 aromatic carbocycles. The second kappa shape index (κ2) is 7.43. The van der Waals surface area contributed by atoms with Crippen LogP contribution in [-0.4, -0.2) is 44.4 Å². The lowest BCUT2D eigenvalue weighted by Crippen LogP contribution is -2.47. The number of carbonyl (C=O) groups is 1. The molecule has 2 aromatic rings. The molecule has 1 fully saturated rings. The first-order valence-corrected chi connectivity index (χ1v) is 8.99. The zero-order chi connectivity index (χ0) is 18.7. The summed E-state index contributed by atoms with van der Waals surface area (Å²) >= 11 is 0. The van der Waals surface area contributed by atoms with Gasteiger partial charge in [0.05, 0.1) is 0 Å². The number of aromatic nitrogens is 3. The van der Waals surface area contributed by atoms with Crippen molar-refractivity contribution in [2.24, 2.45) is 0 Å². The number of benzene rings is 1. The van der Waals surface area contributed by atoms with Gasteiger partial charge in [-0.05, 0) is 64.3 Å². The van der Waals surface area contributed by atoms with Crippen LogP contribution >= 0.6 is 0 Å². The van der Waals surface area contributed by atoms with Crippen LogP contribution in [0.15, 0.2) is 24.3 Å². The number of aromatic amines is 1. The van der Waals surface area contributed by atoms with Gasteiger partial charge in [-0.3, -0.25) is 5.10 Å². The SMILES string of the molecule is CC(C)(C)OC(=O)N1CCCCC1Cc1nc(-c2ccc(F)cc2)n[nH]1. The van der Waals surface area contributed by atoms with Gasteiger partial charge in [0.2, 0.25) is 0 Å². The molecule has 7 heteroatoms. The van der Waals surface area contributed by atoms with Gasteiger partial charge in [0.15, 0.2) is 5.82 Å². The van der Waals surface area contributed by atoms with Crippen molar-refractivity contribution in [3.05, 3.63) is 35.9 Å². The normalized spacial score (nSPS) is 18.0. The number of likely N-dealkylation sites (tertiary alicyclic amines) is 1. The maximum atomic E-state index is 13.1. The lowest BCUT2D eigenvalue weighted by atomic mass is 9.99. The number of hydrogen-bond donors (Lipinski definition) is 1. The summed E-state index contributed by atoms with van der Waals surface area (Å²) in [4.78, 5) is 18.8. The first-order valence-electron chi connectivity index (χ1n) is 8.99. The maximum absolute atomic E-state index is 13.1. The molecule has 1 aliphatic rings. The number of H-pyrrole nitrogens is 1. The lowest BCUT2D eigenvalue weighted by Gasteiger charge is -2.36. The fourth-order valence-corrected chi connectivity index (χ4v) is 3.11. The summed E-state index contributed by atoms with van der Waals surface area (Å²) < 4.78 is 18.6. The van der Waals surface area contributed by atoms with Crippen LogP contribution in [0.25, 0.3) is 11.4 Å². The number of piperidine rings is 1. The Morgan fingerprint density at radius 3 is 2.73 bits per heavy atom. The van der Waals surface area contributed by atoms with Crippen molar-refractivity contribution >= 4 is 6.09 Å². The molecule has 1 amide bonds. The van der Waals surface area contributed by atoms with Crippen molar-refractivity contribution in [2.45, 2.75) is 58.1 Å². The minimum atomic E-state index is -0.513. The fraction of sp³-hybridized carbons (Fsp3) is 0.526. The van der Waals surface area contributed by atoms with Gasteiger partial charge >= 0.3 is 6.09 Å². The van der Waals surface area contributed by atoms with Crippen LogP contribution in [0.4, 0.5) is 9.18 Å². The third kappa shape index (κ3) is 4.59. The second-order valence-corrected chi connectivity index (χ2v) is 7.64. The molecule has 0 spiro atoms. The smallest absolute Gasteiger partial charge is 0.410 e. The Balaban J connectivity index is 1.70. The largest absolute Gasteiger partial charge is 0.444 e. The van der Waals surface area contributed by atoms with Gasteiger partial charge in [0, 0.05) is 24.6 Å². The van der Waals surface area contributed by atoms with Crippen LogP contribution in [0, 0.1) is 5.82 Å². The molecule has 26 heavy (non-hydrogen) atoms. The molecule has 0 bridgehead atoms. The van der Waals surface area contributed by atoms with Gasteiger partial charge in [-0.25, -0.2) is 14.2 Å². The van der Waals surface area contributed by atoms with Crippen LogP contribution in [0.3, 0.4) is 0 Å². The summed E-state index contributed by atoms with van der Waals surface area (Å²) in [7, 11) is 0. The second-order valence-electron chi connectivity index (χ2n) is 7.64. The van der Waals surface area contributed by atoms with Crippen LogP contribution in [0.1, 0.15) is 45.9 Å². The molecule has 3 rings (SSSR count). The van der Waals surface area contributed by atoms with Crippen molar-refractivity contribution < 1.29 is 13.9 Å². The first-order chi connectivity index (χ1) is 12.3. The Hall–Kier alpha value is -2.44. The highest BCUT2D eigenvalue weighted by atomic mass is 19.1. The first kappa shape index (κ1) is 18.4. The zero-order valence-corrected chi connectivity index (χ0v) is 15.5. The van der Waals surface area contributed by atoms with E-state index in [-0.39, 0.29) is 18.0 Å². The third-order valence-electron chi connectivity index (χ3n) is 4.32. The van der Waals surface area contributed by atoms with E-state index in [4.69, 9.17) is 4.74 Å². The van der Waals surface area contributed by atoms with E-state index in [1.807, 2.05) is 20.8 Å². The van der Waals surface area contributed by atoms with Gasteiger partial charge in [0.1, 0.15) is 17.2 Å². The van der Waals surface area contributed by atoms with Gasteiger partial charge in [-0.1, -0.05) is 0 Å². The molecule has 1 aromatic heterocycles. The molecule has 140 valence electrons. The van der Waals surface area contributed by atoms with E-state index in [9.17, 15) is 9.18 Å². The number of hydrogen-bond acceptors (Lipinski definition) is 4. The number of rotatable bonds is 3. The molecule has 1 unspecified atom stereocenters. The monoisotopic (exact) mass is 360 g/mol. The highest BCUT2D eigenvalue weighted by molar-refractivity contribution is 5.68. The molecule has 2 heterocycles. The molecule has 1 atom stereocenters. The Morgan fingerprint density at radius 2 is 2.04 bits per heavy atom. The summed E-state index contributed by atoms with van der Waals surface area (Å²) in [5.41, 5.74) is 0.239. The number of carbonyl (C=O) groups excluding carboxylic acids is 1. The molecule has 0 aliphatic carbocycles. The van der Waals surface area contributed by atoms with Crippen molar-refractivity contribution in [1.82, 2.24) is 20.1 Å². The summed E-state index contributed by atoms with van der Waals surface area (Å²) in [6, 6.07) is 6.10. The van der Waals surface area contributed by atoms with E-state index in [0.29, 0.717) is 24.6 Å². The molecular weight excluding hydrogens is 335 g/mol. The third-order valence-corrected chi connectivity index (χ3v) is 4.32. The number of halogens is 1. The van der Waals surface area contributed by atoms with Crippen LogP contribution in [-0.2, 0) is 11.2 Å². The Kier molecular flexibility index (Phi) is 5.25. The summed E-state index contributed by atoms with van der Waals surface area (Å²) in [5, 5.41) is 7.16. The average molecular weight is 360 g/mol. The Bertz CT molecular complexity index is 752. The molecule has 1 N–H and O–H groups in total. The van der Waals surface area contributed by atoms with Crippen LogP contribution < -0.4 is 0 Å². The molecule has 1 aliphatic heterocycles. The van der Waals surface area contributed by atoms with E-state index < -0.39 is 5.60 Å². The molecule has 0 radical (unpaired) electrons. The van der Waals surface area contributed by atoms with Crippen molar-refractivity contribution in [2.75, 3.05) is 6.54 Å². The summed E-state index contributed by atoms with van der Waals surface area (Å²) in [6.07, 6.45) is 3.27. The summed E-state index contributed by atoms with van der Waals surface area (Å²) in [5.74, 6) is 0.948. The molecular formula is C19H25FN4O2. The highest BCUT2D eigenvalue weighted by Gasteiger charge is 2.31. The standard InChI is InChI=1S/C19H25FN4O2/c1-19(2,3)26-18(25)24-11-5-4-6-15(24)12-16-21-17(23-22-16)13-7-9-14(20)10-8-13/h7-10,15H,4-6,11-12H2,1-3H3,(H,21,22,23). The fourth-order valence-electron chi connectivity index (χ4n) is 3.11. The van der Waals surface area contributed by atoms with E-state index in [2.05, 4.69) is 15.2 Å². The number of nitrogens with one attached hydrogen (secondary N) is 1. The minimum absolute atomic E-state index is 0.0348. The van der Waals surface area contributed by atoms with E-state index in [0.717, 1.165) is 24.8 Å². The summed E-state index contributed by atoms with van der Waals surface area (Å²) in [6.45, 7) is 6.30. The highest BCUT2D eigenvalue weighted by Crippen LogP contribution is 2.23. The van der Waals surface area contributed by atoms with Crippen molar-refractivity contribution in [3.8, 4) is 11.4 Å². The van der Waals surface area contributed by atoms with Crippen LogP contribution in [0.2, 0.25) is 0 Å². The van der Waals surface area contributed by atoms with Gasteiger partial charge < -0.3 is 9.64 Å². The maximum Gasteiger partial charge on any atom is 0.410 e. The minimum Gasteiger partial charge on any atom is -0.444 e. The van der Waals surface area contributed by atoms with E-state index >= 15 is 0 Å². The average Bonchev–Trinajstić information content (AvgIpc) is 3.03. The topological polar surface area (TPSA) is 71.1 Å². The predicted molar refractivity (Wildman–Crippen MR) is 96.1 cm³/mol. The van der Waals surface area contributed by atoms with E-state index in [1.165, 1.54) is 12.1 Å². The number of nitrogens with zero attached hydrogens (tertiary/aromatic N) is 3. The van der Waals surface area contributed by atoms with Crippen molar-refractivity contribution in [1.29, 1.82) is 0 Å². The zero-order valence-electron chi connectivity index (χ0n) is 15.5. The van der Waals surface area contributed by atoms with Crippen molar-refractivity contribution in [3.63, 3.8) is 0 Å². The Labute approximate surface area is 152 Å². The number of amides is 1. The van der Waals surface area contributed by atoms with Crippen LogP contribution in [0.5, 0.6) is 0 Å². The molecule has 1 saturated heterocycles. The molecule has 0 saturated carbocycles. The Morgan fingerprint density at radius 1 is 1.31 bits per heavy atom.